The first-order valence-corrected chi connectivity index (χ1v) is 7.55. The predicted octanol–water partition coefficient (Wildman–Crippen LogP) is 3.20. The Balaban J connectivity index is 1.60. The second-order valence-electron chi connectivity index (χ2n) is 5.46. The summed E-state index contributed by atoms with van der Waals surface area (Å²) in [5.74, 6) is 2.68. The standard InChI is InChI=1S/C16H21N3O2/c1-3-17-11(2)13-5-4-6-14(9-13)20-10-15-18-16(21-19-15)12-7-8-12/h4-6,9,11-12,17H,3,7-8,10H2,1-2H3. The quantitative estimate of drug-likeness (QED) is 0.847. The number of hydrogen-bond donors (Lipinski definition) is 1. The smallest absolute Gasteiger partial charge is 0.229 e. The number of benzene rings is 1. The second kappa shape index (κ2) is 6.26. The van der Waals surface area contributed by atoms with Crippen LogP contribution in [0.5, 0.6) is 5.75 Å². The third kappa shape index (κ3) is 3.61. The molecule has 1 aliphatic carbocycles. The molecule has 2 aromatic rings. The zero-order valence-electron chi connectivity index (χ0n) is 12.5. The first-order valence-electron chi connectivity index (χ1n) is 7.55. The van der Waals surface area contributed by atoms with Gasteiger partial charge >= 0.3 is 0 Å². The van der Waals surface area contributed by atoms with Gasteiger partial charge in [0.05, 0.1) is 0 Å². The summed E-state index contributed by atoms with van der Waals surface area (Å²) in [5, 5.41) is 7.35. The summed E-state index contributed by atoms with van der Waals surface area (Å²) in [5.41, 5.74) is 1.21. The average Bonchev–Trinajstić information content (AvgIpc) is 3.25. The van der Waals surface area contributed by atoms with Crippen molar-refractivity contribution in [2.45, 2.75) is 45.3 Å². The molecule has 1 aromatic carbocycles. The van der Waals surface area contributed by atoms with E-state index in [4.69, 9.17) is 9.26 Å². The van der Waals surface area contributed by atoms with Crippen LogP contribution in [0.1, 0.15) is 55.9 Å². The molecule has 0 bridgehead atoms. The fourth-order valence-electron chi connectivity index (χ4n) is 2.27. The molecule has 0 aliphatic heterocycles. The van der Waals surface area contributed by atoms with E-state index in [0.29, 0.717) is 24.4 Å². The molecule has 1 unspecified atom stereocenters. The fraction of sp³-hybridized carbons (Fsp3) is 0.500. The lowest BCUT2D eigenvalue weighted by Gasteiger charge is -2.13. The van der Waals surface area contributed by atoms with Gasteiger partial charge in [-0.1, -0.05) is 24.2 Å². The van der Waals surface area contributed by atoms with Crippen LogP contribution in [0.25, 0.3) is 0 Å². The van der Waals surface area contributed by atoms with Crippen LogP contribution in [0.2, 0.25) is 0 Å². The first kappa shape index (κ1) is 14.1. The largest absolute Gasteiger partial charge is 0.485 e. The highest BCUT2D eigenvalue weighted by Gasteiger charge is 2.29. The van der Waals surface area contributed by atoms with Crippen LogP contribution in [-0.2, 0) is 6.61 Å². The first-order chi connectivity index (χ1) is 10.3. The lowest BCUT2D eigenvalue weighted by atomic mass is 10.1. The highest BCUT2D eigenvalue weighted by atomic mass is 16.5. The monoisotopic (exact) mass is 287 g/mol. The molecule has 1 atom stereocenters. The number of nitrogens with zero attached hydrogens (tertiary/aromatic N) is 2. The number of nitrogens with one attached hydrogen (secondary N) is 1. The minimum Gasteiger partial charge on any atom is -0.485 e. The van der Waals surface area contributed by atoms with E-state index >= 15 is 0 Å². The molecule has 1 saturated carbocycles. The Kier molecular flexibility index (Phi) is 4.20. The number of ether oxygens (including phenoxy) is 1. The van der Waals surface area contributed by atoms with E-state index in [1.54, 1.807) is 0 Å². The van der Waals surface area contributed by atoms with Gasteiger partial charge in [-0.05, 0) is 44.0 Å². The van der Waals surface area contributed by atoms with Gasteiger partial charge in [0.1, 0.15) is 5.75 Å². The number of aromatic nitrogens is 2. The van der Waals surface area contributed by atoms with Gasteiger partial charge in [0, 0.05) is 12.0 Å². The molecule has 1 heterocycles. The maximum atomic E-state index is 5.76. The van der Waals surface area contributed by atoms with Crippen LogP contribution in [0.4, 0.5) is 0 Å². The van der Waals surface area contributed by atoms with E-state index in [0.717, 1.165) is 31.0 Å². The summed E-state index contributed by atoms with van der Waals surface area (Å²) in [7, 11) is 0. The van der Waals surface area contributed by atoms with Crippen molar-refractivity contribution in [2.24, 2.45) is 0 Å². The van der Waals surface area contributed by atoms with E-state index in [1.807, 2.05) is 12.1 Å². The van der Waals surface area contributed by atoms with Gasteiger partial charge in [0.25, 0.3) is 0 Å². The van der Waals surface area contributed by atoms with Crippen LogP contribution in [0.15, 0.2) is 28.8 Å². The van der Waals surface area contributed by atoms with Gasteiger partial charge < -0.3 is 14.6 Å². The van der Waals surface area contributed by atoms with Crippen LogP contribution in [-0.4, -0.2) is 16.7 Å². The van der Waals surface area contributed by atoms with Crippen LogP contribution >= 0.6 is 0 Å². The molecule has 3 rings (SSSR count). The summed E-state index contributed by atoms with van der Waals surface area (Å²) >= 11 is 0. The molecule has 0 amide bonds. The zero-order chi connectivity index (χ0) is 14.7. The second-order valence-corrected chi connectivity index (χ2v) is 5.46. The molecule has 1 N–H and O–H groups in total. The lowest BCUT2D eigenvalue weighted by Crippen LogP contribution is -2.17. The summed E-state index contributed by atoms with van der Waals surface area (Å²) in [6.45, 7) is 5.53. The van der Waals surface area contributed by atoms with Crippen molar-refractivity contribution in [1.82, 2.24) is 15.5 Å². The van der Waals surface area contributed by atoms with Crippen molar-refractivity contribution in [3.05, 3.63) is 41.5 Å². The van der Waals surface area contributed by atoms with Gasteiger partial charge in [-0.2, -0.15) is 4.98 Å². The van der Waals surface area contributed by atoms with Crippen LogP contribution in [0, 0.1) is 0 Å². The highest BCUT2D eigenvalue weighted by Crippen LogP contribution is 2.38. The molecule has 5 nitrogen and oxygen atoms in total. The Bertz CT molecular complexity index is 593. The van der Waals surface area contributed by atoms with Gasteiger partial charge in [-0.15, -0.1) is 0 Å². The van der Waals surface area contributed by atoms with E-state index in [1.165, 1.54) is 5.56 Å². The predicted molar refractivity (Wildman–Crippen MR) is 79.1 cm³/mol. The fourth-order valence-corrected chi connectivity index (χ4v) is 2.27. The van der Waals surface area contributed by atoms with Crippen molar-refractivity contribution in [3.8, 4) is 5.75 Å². The van der Waals surface area contributed by atoms with Crippen molar-refractivity contribution < 1.29 is 9.26 Å². The zero-order valence-corrected chi connectivity index (χ0v) is 12.5. The normalized spacial score (nSPS) is 15.9. The summed E-state index contributed by atoms with van der Waals surface area (Å²) in [4.78, 5) is 4.36. The average molecular weight is 287 g/mol. The van der Waals surface area contributed by atoms with Crippen molar-refractivity contribution in [2.75, 3.05) is 6.54 Å². The Morgan fingerprint density at radius 3 is 3.05 bits per heavy atom. The maximum Gasteiger partial charge on any atom is 0.229 e. The molecule has 1 fully saturated rings. The van der Waals surface area contributed by atoms with E-state index in [9.17, 15) is 0 Å². The molecular formula is C16H21N3O2. The molecule has 21 heavy (non-hydrogen) atoms. The molecule has 0 radical (unpaired) electrons. The van der Waals surface area contributed by atoms with E-state index < -0.39 is 0 Å². The molecule has 1 aromatic heterocycles. The van der Waals surface area contributed by atoms with E-state index in [2.05, 4.69) is 41.4 Å². The van der Waals surface area contributed by atoms with Gasteiger partial charge in [0.2, 0.25) is 11.7 Å². The molecule has 1 aliphatic rings. The Morgan fingerprint density at radius 1 is 1.43 bits per heavy atom. The number of hydrogen-bond acceptors (Lipinski definition) is 5. The van der Waals surface area contributed by atoms with Gasteiger partial charge in [0.15, 0.2) is 6.61 Å². The molecule has 112 valence electrons. The highest BCUT2D eigenvalue weighted by molar-refractivity contribution is 5.30. The topological polar surface area (TPSA) is 60.2 Å². The minimum atomic E-state index is 0.310. The summed E-state index contributed by atoms with van der Waals surface area (Å²) in [6.07, 6.45) is 2.32. The van der Waals surface area contributed by atoms with Crippen LogP contribution in [0.3, 0.4) is 0 Å². The third-order valence-electron chi connectivity index (χ3n) is 3.65. The Morgan fingerprint density at radius 2 is 2.29 bits per heavy atom. The maximum absolute atomic E-state index is 5.76. The molecule has 0 spiro atoms. The van der Waals surface area contributed by atoms with E-state index in [-0.39, 0.29) is 0 Å². The summed E-state index contributed by atoms with van der Waals surface area (Å²) < 4.78 is 11.0. The Labute approximate surface area is 124 Å². The molecule has 0 saturated heterocycles. The molecular weight excluding hydrogens is 266 g/mol. The lowest BCUT2D eigenvalue weighted by molar-refractivity contribution is 0.284. The number of rotatable bonds is 7. The van der Waals surface area contributed by atoms with Crippen molar-refractivity contribution >= 4 is 0 Å². The minimum absolute atomic E-state index is 0.310. The summed E-state index contributed by atoms with van der Waals surface area (Å²) in [6, 6.07) is 8.41. The Hall–Kier alpha value is -1.88. The SMILES string of the molecule is CCNC(C)c1cccc(OCc2noc(C3CC3)n2)c1. The van der Waals surface area contributed by atoms with Gasteiger partial charge in [-0.25, -0.2) is 0 Å². The molecule has 5 heteroatoms. The van der Waals surface area contributed by atoms with Crippen LogP contribution < -0.4 is 10.1 Å². The van der Waals surface area contributed by atoms with Gasteiger partial charge in [-0.3, -0.25) is 0 Å². The van der Waals surface area contributed by atoms with Crippen molar-refractivity contribution in [3.63, 3.8) is 0 Å². The third-order valence-corrected chi connectivity index (χ3v) is 3.65. The van der Waals surface area contributed by atoms with Crippen molar-refractivity contribution in [1.29, 1.82) is 0 Å².